The highest BCUT2D eigenvalue weighted by Gasteiger charge is 2.18. The number of ether oxygens (including phenoxy) is 1. The van der Waals surface area contributed by atoms with E-state index in [1.165, 1.54) is 0 Å². The summed E-state index contributed by atoms with van der Waals surface area (Å²) in [5, 5.41) is 0.857. The van der Waals surface area contributed by atoms with Crippen molar-refractivity contribution < 1.29 is 18.7 Å². The van der Waals surface area contributed by atoms with Crippen molar-refractivity contribution in [3.05, 3.63) is 83.6 Å². The quantitative estimate of drug-likeness (QED) is 0.498. The fourth-order valence-corrected chi connectivity index (χ4v) is 3.02. The number of hydrogen-bond acceptors (Lipinski definition) is 5. The van der Waals surface area contributed by atoms with Crippen LogP contribution in [-0.2, 0) is 13.7 Å². The van der Waals surface area contributed by atoms with E-state index < -0.39 is 11.8 Å². The van der Waals surface area contributed by atoms with Gasteiger partial charge in [-0.15, -0.1) is 0 Å². The molecule has 0 saturated heterocycles. The van der Waals surface area contributed by atoms with Crippen LogP contribution in [0.1, 0.15) is 32.3 Å². The Kier molecular flexibility index (Phi) is 5.21. The SMILES string of the molecule is Cc1c(C(=O)NNC(=O)c2ccc(OCc3nccn3C)cc2)oc2ccccc12. The van der Waals surface area contributed by atoms with Gasteiger partial charge in [-0.25, -0.2) is 4.98 Å². The van der Waals surface area contributed by atoms with Crippen LogP contribution >= 0.6 is 0 Å². The van der Waals surface area contributed by atoms with Gasteiger partial charge in [0.25, 0.3) is 5.91 Å². The second-order valence-corrected chi connectivity index (χ2v) is 6.73. The number of nitrogens with zero attached hydrogens (tertiary/aromatic N) is 2. The number of imidazole rings is 1. The van der Waals surface area contributed by atoms with Gasteiger partial charge in [0.15, 0.2) is 5.76 Å². The molecule has 2 aromatic carbocycles. The van der Waals surface area contributed by atoms with Gasteiger partial charge in [-0.3, -0.25) is 20.4 Å². The van der Waals surface area contributed by atoms with E-state index in [1.54, 1.807) is 43.5 Å². The number of benzene rings is 2. The molecule has 152 valence electrons. The highest BCUT2D eigenvalue weighted by molar-refractivity contribution is 6.01. The Morgan fingerprint density at radius 1 is 1.07 bits per heavy atom. The summed E-state index contributed by atoms with van der Waals surface area (Å²) in [4.78, 5) is 28.9. The molecule has 0 bridgehead atoms. The van der Waals surface area contributed by atoms with E-state index in [4.69, 9.17) is 9.15 Å². The van der Waals surface area contributed by atoms with E-state index in [0.717, 1.165) is 11.2 Å². The van der Waals surface area contributed by atoms with Crippen molar-refractivity contribution in [2.75, 3.05) is 0 Å². The Balaban J connectivity index is 1.34. The van der Waals surface area contributed by atoms with Crippen LogP contribution in [0.15, 0.2) is 65.3 Å². The molecule has 0 radical (unpaired) electrons. The lowest BCUT2D eigenvalue weighted by atomic mass is 10.1. The summed E-state index contributed by atoms with van der Waals surface area (Å²) in [6.45, 7) is 2.12. The van der Waals surface area contributed by atoms with E-state index >= 15 is 0 Å². The van der Waals surface area contributed by atoms with Crippen molar-refractivity contribution in [1.82, 2.24) is 20.4 Å². The molecule has 2 amide bonds. The molecule has 30 heavy (non-hydrogen) atoms. The summed E-state index contributed by atoms with van der Waals surface area (Å²) < 4.78 is 13.1. The zero-order valence-corrected chi connectivity index (χ0v) is 16.5. The van der Waals surface area contributed by atoms with E-state index in [-0.39, 0.29) is 5.76 Å². The summed E-state index contributed by atoms with van der Waals surface area (Å²) in [6.07, 6.45) is 3.54. The van der Waals surface area contributed by atoms with Crippen LogP contribution in [-0.4, -0.2) is 21.4 Å². The van der Waals surface area contributed by atoms with E-state index in [0.29, 0.717) is 29.1 Å². The monoisotopic (exact) mass is 404 g/mol. The van der Waals surface area contributed by atoms with Crippen LogP contribution in [0.5, 0.6) is 5.75 Å². The van der Waals surface area contributed by atoms with Gasteiger partial charge in [0.2, 0.25) is 0 Å². The van der Waals surface area contributed by atoms with Crippen LogP contribution in [0.4, 0.5) is 0 Å². The minimum Gasteiger partial charge on any atom is -0.486 e. The third-order valence-electron chi connectivity index (χ3n) is 4.74. The molecule has 2 aromatic heterocycles. The Labute approximate surface area is 172 Å². The van der Waals surface area contributed by atoms with Gasteiger partial charge in [-0.2, -0.15) is 0 Å². The topological polar surface area (TPSA) is 98.4 Å². The molecule has 0 fully saturated rings. The number of amides is 2. The molecule has 4 rings (SSSR count). The maximum Gasteiger partial charge on any atom is 0.305 e. The van der Waals surface area contributed by atoms with E-state index in [9.17, 15) is 9.59 Å². The number of carbonyl (C=O) groups is 2. The minimum absolute atomic E-state index is 0.162. The first kappa shape index (κ1) is 19.3. The number of aromatic nitrogens is 2. The highest BCUT2D eigenvalue weighted by atomic mass is 16.5. The average molecular weight is 404 g/mol. The van der Waals surface area contributed by atoms with E-state index in [1.807, 2.05) is 36.0 Å². The number of hydrogen-bond donors (Lipinski definition) is 2. The number of para-hydroxylation sites is 1. The smallest absolute Gasteiger partial charge is 0.305 e. The molecular weight excluding hydrogens is 384 g/mol. The largest absolute Gasteiger partial charge is 0.486 e. The predicted octanol–water partition coefficient (Wildman–Crippen LogP) is 3.13. The summed E-state index contributed by atoms with van der Waals surface area (Å²) in [5.41, 5.74) is 6.49. The normalized spacial score (nSPS) is 10.7. The lowest BCUT2D eigenvalue weighted by Crippen LogP contribution is -2.41. The van der Waals surface area contributed by atoms with Crippen molar-refractivity contribution in [2.45, 2.75) is 13.5 Å². The molecule has 0 atom stereocenters. The van der Waals surface area contributed by atoms with Gasteiger partial charge in [-0.1, -0.05) is 18.2 Å². The van der Waals surface area contributed by atoms with Crippen LogP contribution in [0, 0.1) is 6.92 Å². The molecule has 8 heteroatoms. The van der Waals surface area contributed by atoms with Gasteiger partial charge >= 0.3 is 5.91 Å². The maximum absolute atomic E-state index is 12.4. The molecule has 0 unspecified atom stereocenters. The standard InChI is InChI=1S/C22H20N4O4/c1-14-17-5-3-4-6-18(17)30-20(14)22(28)25-24-21(27)15-7-9-16(10-8-15)29-13-19-23-11-12-26(19)2/h3-12H,13H2,1-2H3,(H,24,27)(H,25,28). The lowest BCUT2D eigenvalue weighted by Gasteiger charge is -2.08. The van der Waals surface area contributed by atoms with Gasteiger partial charge in [0, 0.05) is 36.0 Å². The molecule has 2 N–H and O–H groups in total. The summed E-state index contributed by atoms with van der Waals surface area (Å²) in [5.74, 6) is 0.589. The molecule has 4 aromatic rings. The Morgan fingerprint density at radius 2 is 1.80 bits per heavy atom. The molecule has 0 saturated carbocycles. The Hall–Kier alpha value is -4.07. The van der Waals surface area contributed by atoms with Crippen LogP contribution in [0.3, 0.4) is 0 Å². The molecular formula is C22H20N4O4. The first-order valence-corrected chi connectivity index (χ1v) is 9.31. The number of nitrogens with one attached hydrogen (secondary N) is 2. The first-order chi connectivity index (χ1) is 14.5. The third kappa shape index (κ3) is 3.88. The Bertz CT molecular complexity index is 1210. The number of hydrazine groups is 1. The number of fused-ring (bicyclic) bond motifs is 1. The number of furan rings is 1. The average Bonchev–Trinajstić information content (AvgIpc) is 3.33. The number of carbonyl (C=O) groups excluding carboxylic acids is 2. The van der Waals surface area contributed by atoms with Crippen LogP contribution in [0.25, 0.3) is 11.0 Å². The van der Waals surface area contributed by atoms with Crippen LogP contribution < -0.4 is 15.6 Å². The van der Waals surface area contributed by atoms with Gasteiger partial charge in [-0.05, 0) is 37.3 Å². The van der Waals surface area contributed by atoms with Gasteiger partial charge in [0.05, 0.1) is 0 Å². The molecule has 2 heterocycles. The van der Waals surface area contributed by atoms with Gasteiger partial charge < -0.3 is 13.7 Å². The Morgan fingerprint density at radius 3 is 2.50 bits per heavy atom. The second-order valence-electron chi connectivity index (χ2n) is 6.73. The first-order valence-electron chi connectivity index (χ1n) is 9.31. The molecule has 0 aliphatic heterocycles. The molecule has 8 nitrogen and oxygen atoms in total. The van der Waals surface area contributed by atoms with Gasteiger partial charge in [0.1, 0.15) is 23.8 Å². The molecule has 0 spiro atoms. The van der Waals surface area contributed by atoms with Crippen molar-refractivity contribution in [3.63, 3.8) is 0 Å². The molecule has 0 aliphatic carbocycles. The fraction of sp³-hybridized carbons (Fsp3) is 0.136. The zero-order chi connectivity index (χ0) is 21.1. The maximum atomic E-state index is 12.4. The number of rotatable bonds is 5. The summed E-state index contributed by atoms with van der Waals surface area (Å²) in [6, 6.07) is 14.0. The van der Waals surface area contributed by atoms with Crippen molar-refractivity contribution >= 4 is 22.8 Å². The zero-order valence-electron chi connectivity index (χ0n) is 16.5. The third-order valence-corrected chi connectivity index (χ3v) is 4.74. The van der Waals surface area contributed by atoms with Crippen molar-refractivity contribution in [1.29, 1.82) is 0 Å². The predicted molar refractivity (Wildman–Crippen MR) is 110 cm³/mol. The minimum atomic E-state index is -0.521. The van der Waals surface area contributed by atoms with Crippen molar-refractivity contribution in [3.8, 4) is 5.75 Å². The lowest BCUT2D eigenvalue weighted by molar-refractivity contribution is 0.0831. The second kappa shape index (κ2) is 8.12. The summed E-state index contributed by atoms with van der Waals surface area (Å²) >= 11 is 0. The van der Waals surface area contributed by atoms with Crippen molar-refractivity contribution in [2.24, 2.45) is 7.05 Å². The molecule has 0 aliphatic rings. The number of aryl methyl sites for hydroxylation is 2. The fourth-order valence-electron chi connectivity index (χ4n) is 3.02. The van der Waals surface area contributed by atoms with E-state index in [2.05, 4.69) is 15.8 Å². The summed E-state index contributed by atoms with van der Waals surface area (Å²) in [7, 11) is 1.89. The van der Waals surface area contributed by atoms with Crippen LogP contribution in [0.2, 0.25) is 0 Å². The highest BCUT2D eigenvalue weighted by Crippen LogP contribution is 2.24.